The van der Waals surface area contributed by atoms with Crippen molar-refractivity contribution in [2.45, 2.75) is 6.18 Å². The third-order valence-corrected chi connectivity index (χ3v) is 6.82. The molecule has 1 amide bonds. The van der Waals surface area contributed by atoms with Gasteiger partial charge in [0, 0.05) is 26.8 Å². The lowest BCUT2D eigenvalue weighted by Crippen LogP contribution is -2.11. The van der Waals surface area contributed by atoms with Gasteiger partial charge in [-0.05, 0) is 36.4 Å². The largest absolute Gasteiger partial charge is 0.433 e. The van der Waals surface area contributed by atoms with E-state index in [4.69, 9.17) is 11.6 Å². The Labute approximate surface area is 201 Å². The van der Waals surface area contributed by atoms with Crippen molar-refractivity contribution in [3.63, 3.8) is 0 Å². The molecule has 2 N–H and O–H groups in total. The molecule has 34 heavy (non-hydrogen) atoms. The quantitative estimate of drug-likeness (QED) is 0.263. The van der Waals surface area contributed by atoms with Gasteiger partial charge in [0.2, 0.25) is 0 Å². The molecule has 0 fully saturated rings. The van der Waals surface area contributed by atoms with Crippen LogP contribution in [0.15, 0.2) is 78.9 Å². The van der Waals surface area contributed by atoms with E-state index in [2.05, 4.69) is 15.6 Å². The number of carbonyl (C=O) groups is 1. The molecule has 0 aliphatic rings. The maximum atomic E-state index is 13.4. The topological polar surface area (TPSA) is 54.0 Å². The number of thiophene rings is 1. The number of alkyl halides is 3. The Morgan fingerprint density at radius 1 is 0.882 bits per heavy atom. The Kier molecular flexibility index (Phi) is 5.63. The zero-order chi connectivity index (χ0) is 23.9. The predicted molar refractivity (Wildman–Crippen MR) is 131 cm³/mol. The molecule has 4 nitrogen and oxygen atoms in total. The average Bonchev–Trinajstić information content (AvgIpc) is 3.15. The Bertz CT molecular complexity index is 1550. The molecule has 0 aliphatic carbocycles. The third kappa shape index (κ3) is 4.30. The SMILES string of the molecule is O=C(Nc1cccc(Nc2cc(C(F)(F)F)nc3ccccc23)c1)c1sc2ccccc2c1Cl. The Hall–Kier alpha value is -3.62. The molecule has 0 spiro atoms. The number of benzene rings is 3. The Morgan fingerprint density at radius 3 is 2.35 bits per heavy atom. The van der Waals surface area contributed by atoms with Crippen LogP contribution in [0.2, 0.25) is 5.02 Å². The van der Waals surface area contributed by atoms with E-state index in [-0.39, 0.29) is 17.1 Å². The average molecular weight is 498 g/mol. The highest BCUT2D eigenvalue weighted by Gasteiger charge is 2.33. The van der Waals surface area contributed by atoms with E-state index in [9.17, 15) is 18.0 Å². The van der Waals surface area contributed by atoms with Gasteiger partial charge in [-0.15, -0.1) is 11.3 Å². The van der Waals surface area contributed by atoms with Gasteiger partial charge in [-0.3, -0.25) is 4.79 Å². The number of fused-ring (bicyclic) bond motifs is 2. The zero-order valence-corrected chi connectivity index (χ0v) is 18.9. The second-order valence-electron chi connectivity index (χ2n) is 7.47. The molecule has 3 aromatic carbocycles. The summed E-state index contributed by atoms with van der Waals surface area (Å²) in [6.45, 7) is 0. The number of pyridine rings is 1. The van der Waals surface area contributed by atoms with Gasteiger partial charge in [-0.2, -0.15) is 13.2 Å². The molecule has 5 rings (SSSR count). The van der Waals surface area contributed by atoms with Crippen molar-refractivity contribution in [3.05, 3.63) is 94.5 Å². The van der Waals surface area contributed by atoms with Crippen molar-refractivity contribution in [1.82, 2.24) is 4.98 Å². The number of nitrogens with zero attached hydrogens (tertiary/aromatic N) is 1. The smallest absolute Gasteiger partial charge is 0.355 e. The number of amides is 1. The Balaban J connectivity index is 1.44. The maximum Gasteiger partial charge on any atom is 0.433 e. The maximum absolute atomic E-state index is 13.4. The van der Waals surface area contributed by atoms with Gasteiger partial charge >= 0.3 is 6.18 Å². The first kappa shape index (κ1) is 22.2. The number of hydrogen-bond donors (Lipinski definition) is 2. The first-order valence-electron chi connectivity index (χ1n) is 10.1. The van der Waals surface area contributed by atoms with Crippen molar-refractivity contribution < 1.29 is 18.0 Å². The van der Waals surface area contributed by atoms with Crippen LogP contribution in [0.25, 0.3) is 21.0 Å². The number of anilines is 3. The van der Waals surface area contributed by atoms with Crippen LogP contribution in [0.5, 0.6) is 0 Å². The zero-order valence-electron chi connectivity index (χ0n) is 17.3. The molecule has 2 aromatic heterocycles. The number of halogens is 4. The van der Waals surface area contributed by atoms with Crippen LogP contribution in [0.4, 0.5) is 30.2 Å². The van der Waals surface area contributed by atoms with E-state index < -0.39 is 11.9 Å². The minimum atomic E-state index is -4.58. The Morgan fingerprint density at radius 2 is 1.59 bits per heavy atom. The van der Waals surface area contributed by atoms with Crippen molar-refractivity contribution >= 4 is 66.9 Å². The van der Waals surface area contributed by atoms with Gasteiger partial charge in [0.05, 0.1) is 16.2 Å². The number of nitrogens with one attached hydrogen (secondary N) is 2. The predicted octanol–water partition coefficient (Wildman–Crippen LogP) is 8.12. The van der Waals surface area contributed by atoms with Crippen molar-refractivity contribution in [1.29, 1.82) is 0 Å². The van der Waals surface area contributed by atoms with E-state index in [0.717, 1.165) is 16.2 Å². The van der Waals surface area contributed by atoms with Gasteiger partial charge in [-0.25, -0.2) is 4.98 Å². The first-order valence-corrected chi connectivity index (χ1v) is 11.3. The molecule has 0 unspecified atom stereocenters. The summed E-state index contributed by atoms with van der Waals surface area (Å²) in [5.41, 5.74) is 0.470. The number of carbonyl (C=O) groups excluding carboxylic acids is 1. The van der Waals surface area contributed by atoms with Crippen LogP contribution < -0.4 is 10.6 Å². The fourth-order valence-electron chi connectivity index (χ4n) is 3.60. The summed E-state index contributed by atoms with van der Waals surface area (Å²) in [4.78, 5) is 17.0. The van der Waals surface area contributed by atoms with Gasteiger partial charge in [0.25, 0.3) is 5.91 Å². The van der Waals surface area contributed by atoms with Crippen LogP contribution in [-0.2, 0) is 6.18 Å². The standard InChI is InChI=1S/C25H15ClF3N3OS/c26-22-17-9-2-4-11-20(17)34-23(22)24(33)31-15-7-5-6-14(12-15)30-19-13-21(25(27,28)29)32-18-10-3-1-8-16(18)19/h1-13H,(H,30,32)(H,31,33). The van der Waals surface area contributed by atoms with Gasteiger partial charge in [0.1, 0.15) is 10.6 Å². The van der Waals surface area contributed by atoms with E-state index in [1.807, 2.05) is 24.3 Å². The van der Waals surface area contributed by atoms with Gasteiger partial charge in [0.15, 0.2) is 0 Å². The molecule has 170 valence electrons. The summed E-state index contributed by atoms with van der Waals surface area (Å²) < 4.78 is 41.0. The number of hydrogen-bond acceptors (Lipinski definition) is 4. The highest BCUT2D eigenvalue weighted by Crippen LogP contribution is 2.36. The second kappa shape index (κ2) is 8.62. The molecule has 2 heterocycles. The van der Waals surface area contributed by atoms with Crippen molar-refractivity contribution in [3.8, 4) is 0 Å². The van der Waals surface area contributed by atoms with Gasteiger partial charge < -0.3 is 10.6 Å². The molecule has 0 bridgehead atoms. The van der Waals surface area contributed by atoms with E-state index >= 15 is 0 Å². The molecular formula is C25H15ClF3N3OS. The van der Waals surface area contributed by atoms with E-state index in [1.54, 1.807) is 42.5 Å². The monoisotopic (exact) mass is 497 g/mol. The summed E-state index contributed by atoms with van der Waals surface area (Å²) in [5, 5.41) is 7.58. The molecule has 9 heteroatoms. The van der Waals surface area contributed by atoms with Crippen LogP contribution in [0.1, 0.15) is 15.4 Å². The fraction of sp³-hybridized carbons (Fsp3) is 0.0400. The lowest BCUT2D eigenvalue weighted by atomic mass is 10.1. The molecule has 0 atom stereocenters. The lowest BCUT2D eigenvalue weighted by Gasteiger charge is -2.14. The van der Waals surface area contributed by atoms with E-state index in [0.29, 0.717) is 26.7 Å². The number of aromatic nitrogens is 1. The summed E-state index contributed by atoms with van der Waals surface area (Å²) in [6, 6.07) is 21.8. The second-order valence-corrected chi connectivity index (χ2v) is 8.90. The molecule has 0 radical (unpaired) electrons. The minimum Gasteiger partial charge on any atom is -0.355 e. The summed E-state index contributed by atoms with van der Waals surface area (Å²) in [5.74, 6) is -0.364. The molecule has 0 saturated carbocycles. The summed E-state index contributed by atoms with van der Waals surface area (Å²) in [7, 11) is 0. The van der Waals surface area contributed by atoms with Crippen LogP contribution in [0.3, 0.4) is 0 Å². The highest BCUT2D eigenvalue weighted by molar-refractivity contribution is 7.21. The normalized spacial score (nSPS) is 11.6. The minimum absolute atomic E-state index is 0.226. The lowest BCUT2D eigenvalue weighted by molar-refractivity contribution is -0.140. The van der Waals surface area contributed by atoms with Crippen LogP contribution in [0, 0.1) is 0 Å². The van der Waals surface area contributed by atoms with Crippen molar-refractivity contribution in [2.24, 2.45) is 0 Å². The molecular weight excluding hydrogens is 483 g/mol. The summed E-state index contributed by atoms with van der Waals surface area (Å²) >= 11 is 7.69. The van der Waals surface area contributed by atoms with Gasteiger partial charge in [-0.1, -0.05) is 54.1 Å². The summed E-state index contributed by atoms with van der Waals surface area (Å²) in [6.07, 6.45) is -4.58. The highest BCUT2D eigenvalue weighted by atomic mass is 35.5. The number of rotatable bonds is 4. The molecule has 0 aliphatic heterocycles. The molecule has 0 saturated heterocycles. The number of para-hydroxylation sites is 1. The van der Waals surface area contributed by atoms with Crippen molar-refractivity contribution in [2.75, 3.05) is 10.6 Å². The third-order valence-electron chi connectivity index (χ3n) is 5.15. The molecule has 5 aromatic rings. The fourth-order valence-corrected chi connectivity index (χ4v) is 5.01. The van der Waals surface area contributed by atoms with Crippen LogP contribution >= 0.6 is 22.9 Å². The van der Waals surface area contributed by atoms with Crippen LogP contribution in [-0.4, -0.2) is 10.9 Å². The van der Waals surface area contributed by atoms with E-state index in [1.165, 1.54) is 17.4 Å². The first-order chi connectivity index (χ1) is 16.3.